The van der Waals surface area contributed by atoms with E-state index >= 15 is 0 Å². The van der Waals surface area contributed by atoms with Gasteiger partial charge in [0.15, 0.2) is 0 Å². The lowest BCUT2D eigenvalue weighted by molar-refractivity contribution is -0.112. The van der Waals surface area contributed by atoms with Crippen molar-refractivity contribution in [2.75, 3.05) is 5.32 Å². The third kappa shape index (κ3) is 6.80. The van der Waals surface area contributed by atoms with Crippen molar-refractivity contribution in [2.45, 2.75) is 20.0 Å². The molecule has 31 heavy (non-hydrogen) atoms. The molecule has 3 aromatic rings. The standard InChI is InChI=1S/C25H20I2N2O2/c1-2-17-5-10-22(11-6-17)29-25(30)20(15-28)13-19-7-12-24(23(27)14-19)31-16-18-3-8-21(26)9-4-18/h3-14H,2,16H2,1H3,(H,29,30). The Morgan fingerprint density at radius 3 is 2.32 bits per heavy atom. The number of carbonyl (C=O) groups excluding carboxylic acids is 1. The predicted octanol–water partition coefficient (Wildman–Crippen LogP) is 6.58. The van der Waals surface area contributed by atoms with Crippen molar-refractivity contribution in [1.29, 1.82) is 5.26 Å². The van der Waals surface area contributed by atoms with Crippen LogP contribution in [0, 0.1) is 18.5 Å². The number of nitrogens with one attached hydrogen (secondary N) is 1. The zero-order chi connectivity index (χ0) is 22.2. The second-order valence-electron chi connectivity index (χ2n) is 6.78. The van der Waals surface area contributed by atoms with Gasteiger partial charge in [0.05, 0.1) is 3.57 Å². The van der Waals surface area contributed by atoms with Crippen LogP contribution in [0.25, 0.3) is 6.08 Å². The molecular weight excluding hydrogens is 614 g/mol. The van der Waals surface area contributed by atoms with E-state index in [-0.39, 0.29) is 5.57 Å². The highest BCUT2D eigenvalue weighted by Gasteiger charge is 2.11. The van der Waals surface area contributed by atoms with E-state index < -0.39 is 5.91 Å². The molecule has 0 unspecified atom stereocenters. The van der Waals surface area contributed by atoms with Gasteiger partial charge in [-0.05, 0) is 111 Å². The molecule has 6 heteroatoms. The third-order valence-electron chi connectivity index (χ3n) is 4.56. The van der Waals surface area contributed by atoms with Crippen LogP contribution in [-0.2, 0) is 17.8 Å². The van der Waals surface area contributed by atoms with Gasteiger partial charge in [0.1, 0.15) is 24.0 Å². The van der Waals surface area contributed by atoms with Crippen molar-refractivity contribution < 1.29 is 9.53 Å². The van der Waals surface area contributed by atoms with Gasteiger partial charge in [-0.15, -0.1) is 0 Å². The van der Waals surface area contributed by atoms with Crippen LogP contribution in [0.5, 0.6) is 5.75 Å². The van der Waals surface area contributed by atoms with Gasteiger partial charge < -0.3 is 10.1 Å². The van der Waals surface area contributed by atoms with Crippen molar-refractivity contribution in [3.05, 3.63) is 96.1 Å². The Morgan fingerprint density at radius 1 is 1.03 bits per heavy atom. The molecule has 3 aromatic carbocycles. The minimum absolute atomic E-state index is 0.0444. The van der Waals surface area contributed by atoms with E-state index in [1.165, 1.54) is 9.13 Å². The summed E-state index contributed by atoms with van der Waals surface area (Å²) in [6.45, 7) is 2.55. The molecule has 1 N–H and O–H groups in total. The monoisotopic (exact) mass is 634 g/mol. The number of nitrogens with zero attached hydrogens (tertiary/aromatic N) is 1. The Bertz CT molecular complexity index is 1130. The molecule has 0 atom stereocenters. The summed E-state index contributed by atoms with van der Waals surface area (Å²) >= 11 is 4.47. The number of hydrogen-bond acceptors (Lipinski definition) is 3. The average Bonchev–Trinajstić information content (AvgIpc) is 2.78. The number of benzene rings is 3. The highest BCUT2D eigenvalue weighted by molar-refractivity contribution is 14.1. The molecule has 156 valence electrons. The largest absolute Gasteiger partial charge is 0.488 e. The molecule has 0 spiro atoms. The summed E-state index contributed by atoms with van der Waals surface area (Å²) in [7, 11) is 0. The Kier molecular flexibility index (Phi) is 8.49. The molecule has 4 nitrogen and oxygen atoms in total. The van der Waals surface area contributed by atoms with E-state index in [0.29, 0.717) is 12.3 Å². The van der Waals surface area contributed by atoms with Gasteiger partial charge in [-0.1, -0.05) is 37.3 Å². The van der Waals surface area contributed by atoms with Gasteiger partial charge in [-0.3, -0.25) is 4.79 Å². The number of rotatable bonds is 7. The lowest BCUT2D eigenvalue weighted by atomic mass is 10.1. The minimum atomic E-state index is -0.430. The SMILES string of the molecule is CCc1ccc(NC(=O)C(C#N)=Cc2ccc(OCc3ccc(I)cc3)c(I)c2)cc1. The molecule has 3 rings (SSSR count). The van der Waals surface area contributed by atoms with Crippen LogP contribution < -0.4 is 10.1 Å². The molecule has 0 aliphatic carbocycles. The zero-order valence-corrected chi connectivity index (χ0v) is 21.2. The normalized spacial score (nSPS) is 11.0. The maximum Gasteiger partial charge on any atom is 0.266 e. The molecule has 0 aliphatic heterocycles. The van der Waals surface area contributed by atoms with E-state index in [9.17, 15) is 10.1 Å². The summed E-state index contributed by atoms with van der Waals surface area (Å²) in [5, 5.41) is 12.2. The van der Waals surface area contributed by atoms with Crippen molar-refractivity contribution in [2.24, 2.45) is 0 Å². The molecule has 0 saturated heterocycles. The number of ether oxygens (including phenoxy) is 1. The number of hydrogen-bond donors (Lipinski definition) is 1. The second-order valence-corrected chi connectivity index (χ2v) is 9.19. The number of anilines is 1. The first-order chi connectivity index (χ1) is 15.0. The fraction of sp³-hybridized carbons (Fsp3) is 0.120. The molecule has 0 saturated carbocycles. The van der Waals surface area contributed by atoms with Gasteiger partial charge in [0.2, 0.25) is 0 Å². The van der Waals surface area contributed by atoms with Gasteiger partial charge in [-0.2, -0.15) is 5.26 Å². The molecular formula is C25H20I2N2O2. The van der Waals surface area contributed by atoms with E-state index in [1.54, 1.807) is 6.08 Å². The van der Waals surface area contributed by atoms with Crippen LogP contribution in [0.1, 0.15) is 23.6 Å². The number of amides is 1. The van der Waals surface area contributed by atoms with Gasteiger partial charge in [0.25, 0.3) is 5.91 Å². The number of nitriles is 1. The summed E-state index contributed by atoms with van der Waals surface area (Å²) in [5.41, 5.74) is 3.75. The van der Waals surface area contributed by atoms with Gasteiger partial charge >= 0.3 is 0 Å². The van der Waals surface area contributed by atoms with Gasteiger partial charge in [-0.25, -0.2) is 0 Å². The van der Waals surface area contributed by atoms with Gasteiger partial charge in [0, 0.05) is 9.26 Å². The molecule has 0 aliphatic rings. The number of carbonyl (C=O) groups is 1. The summed E-state index contributed by atoms with van der Waals surface area (Å²) in [5.74, 6) is 0.330. The fourth-order valence-corrected chi connectivity index (χ4v) is 3.86. The van der Waals surface area contributed by atoms with Crippen LogP contribution in [0.15, 0.2) is 72.3 Å². The maximum atomic E-state index is 12.5. The quantitative estimate of drug-likeness (QED) is 0.182. The smallest absolute Gasteiger partial charge is 0.266 e. The molecule has 0 fully saturated rings. The van der Waals surface area contributed by atoms with E-state index in [0.717, 1.165) is 26.9 Å². The van der Waals surface area contributed by atoms with E-state index in [1.807, 2.05) is 72.8 Å². The van der Waals surface area contributed by atoms with Crippen LogP contribution >= 0.6 is 45.2 Å². The maximum absolute atomic E-state index is 12.5. The van der Waals surface area contributed by atoms with Crippen LogP contribution in [0.2, 0.25) is 0 Å². The first kappa shape index (κ1) is 23.3. The number of aryl methyl sites for hydroxylation is 1. The Labute approximate surface area is 209 Å². The Hall–Kier alpha value is -2.38. The summed E-state index contributed by atoms with van der Waals surface area (Å²) in [4.78, 5) is 12.5. The van der Waals surface area contributed by atoms with Crippen molar-refractivity contribution >= 4 is 62.9 Å². The highest BCUT2D eigenvalue weighted by atomic mass is 127. The average molecular weight is 634 g/mol. The lowest BCUT2D eigenvalue weighted by Gasteiger charge is -2.09. The van der Waals surface area contributed by atoms with E-state index in [2.05, 4.69) is 57.4 Å². The van der Waals surface area contributed by atoms with Crippen molar-refractivity contribution in [3.8, 4) is 11.8 Å². The topological polar surface area (TPSA) is 62.1 Å². The summed E-state index contributed by atoms with van der Waals surface area (Å²) < 4.78 is 8.01. The zero-order valence-electron chi connectivity index (χ0n) is 16.9. The molecule has 0 aromatic heterocycles. The summed E-state index contributed by atoms with van der Waals surface area (Å²) in [6, 6.07) is 23.4. The van der Waals surface area contributed by atoms with Crippen LogP contribution in [0.4, 0.5) is 5.69 Å². The van der Waals surface area contributed by atoms with Crippen LogP contribution in [-0.4, -0.2) is 5.91 Å². The second kappa shape index (κ2) is 11.3. The first-order valence-corrected chi connectivity index (χ1v) is 11.8. The molecule has 0 heterocycles. The molecule has 0 radical (unpaired) electrons. The lowest BCUT2D eigenvalue weighted by Crippen LogP contribution is -2.13. The Morgan fingerprint density at radius 2 is 1.71 bits per heavy atom. The Balaban J connectivity index is 1.68. The third-order valence-corrected chi connectivity index (χ3v) is 6.12. The predicted molar refractivity (Wildman–Crippen MR) is 141 cm³/mol. The highest BCUT2D eigenvalue weighted by Crippen LogP contribution is 2.24. The summed E-state index contributed by atoms with van der Waals surface area (Å²) in [6.07, 6.45) is 2.52. The van der Waals surface area contributed by atoms with Crippen molar-refractivity contribution in [3.63, 3.8) is 0 Å². The van der Waals surface area contributed by atoms with E-state index in [4.69, 9.17) is 4.74 Å². The minimum Gasteiger partial charge on any atom is -0.488 e. The fourth-order valence-electron chi connectivity index (χ4n) is 2.80. The molecule has 1 amide bonds. The van der Waals surface area contributed by atoms with Crippen molar-refractivity contribution in [1.82, 2.24) is 0 Å². The number of halogens is 2. The molecule has 0 bridgehead atoms. The first-order valence-electron chi connectivity index (χ1n) is 9.67. The van der Waals surface area contributed by atoms with Crippen LogP contribution in [0.3, 0.4) is 0 Å².